The van der Waals surface area contributed by atoms with Crippen molar-refractivity contribution in [2.45, 2.75) is 20.3 Å². The molecule has 0 aliphatic rings. The van der Waals surface area contributed by atoms with Gasteiger partial charge >= 0.3 is 5.97 Å². The maximum atomic E-state index is 14.5. The number of aromatic nitrogens is 3. The Morgan fingerprint density at radius 3 is 2.69 bits per heavy atom. The Hall–Kier alpha value is -3.13. The van der Waals surface area contributed by atoms with Crippen molar-refractivity contribution in [3.05, 3.63) is 65.2 Å². The maximum absolute atomic E-state index is 14.5. The molecule has 0 unspecified atom stereocenters. The molecule has 8 heteroatoms. The molecule has 5 nitrogen and oxygen atoms in total. The van der Waals surface area contributed by atoms with Gasteiger partial charge in [0, 0.05) is 47.8 Å². The highest BCUT2D eigenvalue weighted by Crippen LogP contribution is 2.34. The van der Waals surface area contributed by atoms with E-state index in [1.807, 2.05) is 0 Å². The smallest absolute Gasteiger partial charge is 0.356 e. The van der Waals surface area contributed by atoms with E-state index in [0.29, 0.717) is 11.5 Å². The van der Waals surface area contributed by atoms with Gasteiger partial charge in [0.25, 0.3) is 0 Å². The number of benzene rings is 1. The lowest BCUT2D eigenvalue weighted by Gasteiger charge is -2.08. The van der Waals surface area contributed by atoms with Crippen LogP contribution in [0.1, 0.15) is 29.3 Å². The van der Waals surface area contributed by atoms with Gasteiger partial charge in [0.05, 0.1) is 9.88 Å². The van der Waals surface area contributed by atoms with Crippen molar-refractivity contribution in [3.8, 4) is 21.6 Å². The molecule has 3 aromatic heterocycles. The molecule has 0 radical (unpaired) electrons. The molecule has 0 aliphatic carbocycles. The SMILES string of the molecule is CC(C)Cc1ncc(-c2cc(-c3ccc(F)cc3F)c3nc(C(=O)O)cn3c2)s1. The van der Waals surface area contributed by atoms with Crippen LogP contribution in [0.5, 0.6) is 0 Å². The minimum absolute atomic E-state index is 0.146. The third-order valence-corrected chi connectivity index (χ3v) is 5.48. The Labute approximate surface area is 169 Å². The van der Waals surface area contributed by atoms with Crippen LogP contribution in [0, 0.1) is 17.6 Å². The van der Waals surface area contributed by atoms with E-state index in [-0.39, 0.29) is 16.9 Å². The number of pyridine rings is 1. The molecule has 3 heterocycles. The first kappa shape index (κ1) is 19.2. The van der Waals surface area contributed by atoms with Gasteiger partial charge in [-0.2, -0.15) is 0 Å². The van der Waals surface area contributed by atoms with Crippen molar-refractivity contribution < 1.29 is 18.7 Å². The molecule has 29 heavy (non-hydrogen) atoms. The standard InChI is InChI=1S/C21H17F2N3O2S/c1-11(2)5-19-24-8-18(29-19)12-6-15(14-4-3-13(22)7-16(14)23)20-25-17(21(27)28)10-26(20)9-12/h3-4,6-11H,5H2,1-2H3,(H,27,28). The Kier molecular flexibility index (Phi) is 4.87. The summed E-state index contributed by atoms with van der Waals surface area (Å²) in [4.78, 5) is 20.8. The molecule has 4 rings (SSSR count). The largest absolute Gasteiger partial charge is 0.476 e. The predicted molar refractivity (Wildman–Crippen MR) is 107 cm³/mol. The summed E-state index contributed by atoms with van der Waals surface area (Å²) in [5, 5.41) is 10.3. The van der Waals surface area contributed by atoms with E-state index in [0.717, 1.165) is 34.0 Å². The number of imidazole rings is 1. The van der Waals surface area contributed by atoms with E-state index in [2.05, 4.69) is 23.8 Å². The number of hydrogen-bond acceptors (Lipinski definition) is 4. The summed E-state index contributed by atoms with van der Waals surface area (Å²) in [6.45, 7) is 4.23. The van der Waals surface area contributed by atoms with Crippen molar-refractivity contribution in [2.24, 2.45) is 5.92 Å². The molecule has 0 atom stereocenters. The molecule has 0 saturated carbocycles. The van der Waals surface area contributed by atoms with Gasteiger partial charge in [-0.15, -0.1) is 11.3 Å². The lowest BCUT2D eigenvalue weighted by molar-refractivity contribution is 0.0691. The molecule has 0 amide bonds. The number of carboxylic acid groups (broad SMARTS) is 1. The Morgan fingerprint density at radius 2 is 2.00 bits per heavy atom. The summed E-state index contributed by atoms with van der Waals surface area (Å²) in [7, 11) is 0. The molecular formula is C21H17F2N3O2S. The molecule has 1 aromatic carbocycles. The Morgan fingerprint density at radius 1 is 1.21 bits per heavy atom. The molecule has 1 N–H and O–H groups in total. The van der Waals surface area contributed by atoms with Crippen LogP contribution >= 0.6 is 11.3 Å². The molecule has 0 spiro atoms. The molecule has 0 fully saturated rings. The van der Waals surface area contributed by atoms with Gasteiger partial charge in [0.15, 0.2) is 5.69 Å². The number of thiazole rings is 1. The van der Waals surface area contributed by atoms with Crippen molar-refractivity contribution in [1.29, 1.82) is 0 Å². The second-order valence-corrected chi connectivity index (χ2v) is 8.26. The van der Waals surface area contributed by atoms with Crippen molar-refractivity contribution in [3.63, 3.8) is 0 Å². The van der Waals surface area contributed by atoms with Crippen LogP contribution < -0.4 is 0 Å². The average molecular weight is 413 g/mol. The van der Waals surface area contributed by atoms with Crippen LogP contribution in [0.25, 0.3) is 27.2 Å². The van der Waals surface area contributed by atoms with Gasteiger partial charge in [0.1, 0.15) is 17.3 Å². The first-order chi connectivity index (χ1) is 13.8. The van der Waals surface area contributed by atoms with E-state index in [1.165, 1.54) is 23.6 Å². The zero-order valence-corrected chi connectivity index (χ0v) is 16.5. The summed E-state index contributed by atoms with van der Waals surface area (Å²) in [5.41, 5.74) is 1.40. The Bertz CT molecular complexity index is 1230. The highest BCUT2D eigenvalue weighted by Gasteiger charge is 2.18. The lowest BCUT2D eigenvalue weighted by Crippen LogP contribution is -1.95. The monoisotopic (exact) mass is 413 g/mol. The van der Waals surface area contributed by atoms with Crippen molar-refractivity contribution >= 4 is 23.0 Å². The second kappa shape index (κ2) is 7.36. The molecule has 4 aromatic rings. The van der Waals surface area contributed by atoms with E-state index in [9.17, 15) is 18.7 Å². The van der Waals surface area contributed by atoms with Crippen LogP contribution in [-0.4, -0.2) is 25.4 Å². The van der Waals surface area contributed by atoms with E-state index in [4.69, 9.17) is 0 Å². The van der Waals surface area contributed by atoms with Crippen LogP contribution in [0.3, 0.4) is 0 Å². The topological polar surface area (TPSA) is 67.5 Å². The first-order valence-corrected chi connectivity index (χ1v) is 9.80. The minimum atomic E-state index is -1.18. The number of hydrogen-bond donors (Lipinski definition) is 1. The van der Waals surface area contributed by atoms with E-state index in [1.54, 1.807) is 22.9 Å². The highest BCUT2D eigenvalue weighted by atomic mass is 32.1. The van der Waals surface area contributed by atoms with Gasteiger partial charge in [-0.1, -0.05) is 13.8 Å². The summed E-state index contributed by atoms with van der Waals surface area (Å²) >= 11 is 1.53. The second-order valence-electron chi connectivity index (χ2n) is 7.15. The number of aromatic carboxylic acids is 1. The number of rotatable bonds is 5. The highest BCUT2D eigenvalue weighted by molar-refractivity contribution is 7.15. The number of carbonyl (C=O) groups is 1. The summed E-state index contributed by atoms with van der Waals surface area (Å²) in [6.07, 6.45) is 5.72. The van der Waals surface area contributed by atoms with E-state index < -0.39 is 17.6 Å². The zero-order valence-electron chi connectivity index (χ0n) is 15.7. The van der Waals surface area contributed by atoms with Gasteiger partial charge < -0.3 is 9.51 Å². The predicted octanol–water partition coefficient (Wildman–Crippen LogP) is 5.30. The summed E-state index contributed by atoms with van der Waals surface area (Å²) in [5.74, 6) is -2.15. The van der Waals surface area contributed by atoms with Gasteiger partial charge in [0.2, 0.25) is 0 Å². The molecule has 0 bridgehead atoms. The third kappa shape index (κ3) is 3.75. The van der Waals surface area contributed by atoms with Crippen molar-refractivity contribution in [2.75, 3.05) is 0 Å². The zero-order chi connectivity index (χ0) is 20.7. The Balaban J connectivity index is 1.92. The fraction of sp³-hybridized carbons (Fsp3) is 0.190. The van der Waals surface area contributed by atoms with Crippen LogP contribution in [0.4, 0.5) is 8.78 Å². The maximum Gasteiger partial charge on any atom is 0.356 e. The summed E-state index contributed by atoms with van der Waals surface area (Å²) in [6, 6.07) is 5.02. The summed E-state index contributed by atoms with van der Waals surface area (Å²) < 4.78 is 29.5. The van der Waals surface area contributed by atoms with Gasteiger partial charge in [-0.25, -0.2) is 23.5 Å². The molecule has 0 saturated heterocycles. The number of fused-ring (bicyclic) bond motifs is 1. The number of nitrogens with zero attached hydrogens (tertiary/aromatic N) is 3. The average Bonchev–Trinajstić information content (AvgIpc) is 3.27. The van der Waals surface area contributed by atoms with Crippen molar-refractivity contribution in [1.82, 2.24) is 14.4 Å². The quantitative estimate of drug-likeness (QED) is 0.482. The van der Waals surface area contributed by atoms with Crippen LogP contribution in [0.2, 0.25) is 0 Å². The normalized spacial score (nSPS) is 11.5. The lowest BCUT2D eigenvalue weighted by atomic mass is 10.0. The third-order valence-electron chi connectivity index (χ3n) is 4.41. The molecule has 0 aliphatic heterocycles. The number of carboxylic acids is 1. The first-order valence-electron chi connectivity index (χ1n) is 8.98. The fourth-order valence-corrected chi connectivity index (χ4v) is 4.24. The molecular weight excluding hydrogens is 396 g/mol. The van der Waals surface area contributed by atoms with Gasteiger partial charge in [-0.05, 0) is 24.1 Å². The minimum Gasteiger partial charge on any atom is -0.476 e. The number of halogens is 2. The van der Waals surface area contributed by atoms with Crippen LogP contribution in [-0.2, 0) is 6.42 Å². The van der Waals surface area contributed by atoms with Crippen LogP contribution in [0.15, 0.2) is 42.9 Å². The fourth-order valence-electron chi connectivity index (χ4n) is 3.13. The van der Waals surface area contributed by atoms with Gasteiger partial charge in [-0.3, -0.25) is 0 Å². The van der Waals surface area contributed by atoms with E-state index >= 15 is 0 Å². The molecule has 148 valence electrons.